The number of nitrogens with zero attached hydrogens (tertiary/aromatic N) is 4. The maximum Gasteiger partial charge on any atom is 0.334 e. The largest absolute Gasteiger partial charge is 0.383 e. The number of hydrazine groups is 1. The highest BCUT2D eigenvalue weighted by Crippen LogP contribution is 2.30. The fourth-order valence-electron chi connectivity index (χ4n) is 4.39. The molecule has 33 heavy (non-hydrogen) atoms. The number of carbonyl (C=O) groups excluding carboxylic acids is 3. The van der Waals surface area contributed by atoms with Gasteiger partial charge in [-0.1, -0.05) is 56.5 Å². The van der Waals surface area contributed by atoms with Crippen LogP contribution in [-0.4, -0.2) is 89.8 Å². The van der Waals surface area contributed by atoms with Crippen molar-refractivity contribution < 1.29 is 19.1 Å². The molecule has 1 unspecified atom stereocenters. The van der Waals surface area contributed by atoms with Crippen LogP contribution in [0, 0.1) is 18.3 Å². The Kier molecular flexibility index (Phi) is 8.31. The molecule has 3 rings (SSSR count). The number of ether oxygens (including phenoxy) is 1. The summed E-state index contributed by atoms with van der Waals surface area (Å²) in [4.78, 5) is 43.2. The first-order valence-corrected chi connectivity index (χ1v) is 11.3. The van der Waals surface area contributed by atoms with E-state index in [0.717, 1.165) is 12.0 Å². The third-order valence-electron chi connectivity index (χ3n) is 6.28. The summed E-state index contributed by atoms with van der Waals surface area (Å²) in [5.41, 5.74) is 0.956. The summed E-state index contributed by atoms with van der Waals surface area (Å²) in [6.07, 6.45) is 5.63. The third-order valence-corrected chi connectivity index (χ3v) is 6.28. The van der Waals surface area contributed by atoms with Gasteiger partial charge >= 0.3 is 6.03 Å². The molecule has 3 atom stereocenters. The molecular formula is C24H33N5O4. The maximum atomic E-state index is 13.4. The van der Waals surface area contributed by atoms with Crippen molar-refractivity contribution in [3.63, 3.8) is 0 Å². The second-order valence-electron chi connectivity index (χ2n) is 8.40. The Morgan fingerprint density at radius 1 is 1.30 bits per heavy atom. The molecule has 0 bridgehead atoms. The lowest BCUT2D eigenvalue weighted by Crippen LogP contribution is -2.77. The van der Waals surface area contributed by atoms with E-state index in [4.69, 9.17) is 11.2 Å². The van der Waals surface area contributed by atoms with Crippen LogP contribution in [0.25, 0.3) is 0 Å². The van der Waals surface area contributed by atoms with Gasteiger partial charge in [-0.2, -0.15) is 5.01 Å². The normalized spacial score (nSPS) is 22.1. The summed E-state index contributed by atoms with van der Waals surface area (Å²) in [5.74, 6) is 2.17. The molecule has 1 aromatic carbocycles. The lowest BCUT2D eigenvalue weighted by molar-refractivity contribution is -0.192. The number of terminal acetylenes is 1. The highest BCUT2D eigenvalue weighted by atomic mass is 16.5. The predicted molar refractivity (Wildman–Crippen MR) is 123 cm³/mol. The number of carbonyl (C=O) groups is 3. The molecule has 9 heteroatoms. The molecule has 9 nitrogen and oxygen atoms in total. The zero-order valence-electron chi connectivity index (χ0n) is 19.6. The van der Waals surface area contributed by atoms with Crippen LogP contribution in [-0.2, 0) is 20.9 Å². The van der Waals surface area contributed by atoms with E-state index >= 15 is 0 Å². The molecule has 1 aromatic rings. The second-order valence-corrected chi connectivity index (χ2v) is 8.40. The molecule has 4 amide bonds. The van der Waals surface area contributed by atoms with Gasteiger partial charge in [-0.15, -0.1) is 6.42 Å². The quantitative estimate of drug-likeness (QED) is 0.594. The van der Waals surface area contributed by atoms with Gasteiger partial charge in [-0.05, 0) is 11.5 Å². The van der Waals surface area contributed by atoms with Crippen LogP contribution < -0.4 is 5.32 Å². The minimum absolute atomic E-state index is 0.0578. The lowest BCUT2D eigenvalue weighted by Gasteiger charge is -2.55. The van der Waals surface area contributed by atoms with Crippen molar-refractivity contribution in [3.05, 3.63) is 35.9 Å². The summed E-state index contributed by atoms with van der Waals surface area (Å²) >= 11 is 0. The number of fused-ring (bicyclic) bond motifs is 1. The summed E-state index contributed by atoms with van der Waals surface area (Å²) in [7, 11) is 1.58. The van der Waals surface area contributed by atoms with Crippen molar-refractivity contribution in [1.82, 2.24) is 25.1 Å². The summed E-state index contributed by atoms with van der Waals surface area (Å²) in [6.45, 7) is 5.28. The van der Waals surface area contributed by atoms with Gasteiger partial charge in [0, 0.05) is 20.2 Å². The van der Waals surface area contributed by atoms with Crippen molar-refractivity contribution in [2.75, 3.05) is 39.9 Å². The number of nitrogens with one attached hydrogen (secondary N) is 1. The molecule has 0 spiro atoms. The minimum atomic E-state index is -0.649. The van der Waals surface area contributed by atoms with E-state index < -0.39 is 12.2 Å². The number of piperazine rings is 1. The van der Waals surface area contributed by atoms with Crippen LogP contribution in [0.1, 0.15) is 25.8 Å². The molecule has 0 aliphatic carbocycles. The molecular weight excluding hydrogens is 422 g/mol. The molecule has 2 aliphatic rings. The number of hydrogen-bond donors (Lipinski definition) is 1. The van der Waals surface area contributed by atoms with E-state index in [1.54, 1.807) is 21.9 Å². The van der Waals surface area contributed by atoms with Crippen LogP contribution >= 0.6 is 0 Å². The van der Waals surface area contributed by atoms with E-state index in [9.17, 15) is 14.4 Å². The van der Waals surface area contributed by atoms with Gasteiger partial charge in [0.05, 0.1) is 26.2 Å². The molecule has 2 saturated heterocycles. The van der Waals surface area contributed by atoms with Gasteiger partial charge in [0.15, 0.2) is 0 Å². The number of amides is 4. The first kappa shape index (κ1) is 24.6. The molecule has 2 fully saturated rings. The van der Waals surface area contributed by atoms with Crippen molar-refractivity contribution in [2.45, 2.75) is 39.0 Å². The zero-order chi connectivity index (χ0) is 24.0. The number of rotatable bonds is 8. The number of benzene rings is 1. The Morgan fingerprint density at radius 2 is 2.03 bits per heavy atom. The van der Waals surface area contributed by atoms with E-state index in [1.807, 2.05) is 44.2 Å². The van der Waals surface area contributed by atoms with E-state index in [2.05, 4.69) is 11.2 Å². The average molecular weight is 456 g/mol. The van der Waals surface area contributed by atoms with Crippen LogP contribution in [0.3, 0.4) is 0 Å². The SMILES string of the molecule is C#CCN1CC(=O)N2[C@@H](C(C)CC)C(=O)N(CCOC)C[C@@H]2N1C(=O)NCc1ccccc1. The smallest absolute Gasteiger partial charge is 0.334 e. The molecule has 0 radical (unpaired) electrons. The topological polar surface area (TPSA) is 85.4 Å². The lowest BCUT2D eigenvalue weighted by atomic mass is 9.92. The standard InChI is InChI=1S/C24H33N5O4/c1-5-12-27-17-21(30)28-20(29(27)24(32)25-15-19-10-8-7-9-11-19)16-26(13-14-33-4)23(31)22(28)18(3)6-2/h1,7-11,18,20,22H,6,12-17H2,2-4H3,(H,25,32)/t18?,20-,22-/m0/s1. The Morgan fingerprint density at radius 3 is 2.67 bits per heavy atom. The fourth-order valence-corrected chi connectivity index (χ4v) is 4.39. The molecule has 0 aromatic heterocycles. The van der Waals surface area contributed by atoms with E-state index in [0.29, 0.717) is 19.7 Å². The Labute approximate surface area is 195 Å². The van der Waals surface area contributed by atoms with Gasteiger partial charge in [0.1, 0.15) is 12.2 Å². The van der Waals surface area contributed by atoms with Gasteiger partial charge < -0.3 is 19.9 Å². The Hall–Kier alpha value is -3.09. The van der Waals surface area contributed by atoms with Gasteiger partial charge in [0.25, 0.3) is 0 Å². The molecule has 178 valence electrons. The highest BCUT2D eigenvalue weighted by Gasteiger charge is 2.52. The Balaban J connectivity index is 1.93. The van der Waals surface area contributed by atoms with E-state index in [1.165, 1.54) is 5.01 Å². The van der Waals surface area contributed by atoms with Crippen molar-refractivity contribution in [1.29, 1.82) is 0 Å². The first-order chi connectivity index (χ1) is 15.9. The molecule has 2 heterocycles. The fraction of sp³-hybridized carbons (Fsp3) is 0.542. The minimum Gasteiger partial charge on any atom is -0.383 e. The highest BCUT2D eigenvalue weighted by molar-refractivity contribution is 5.91. The van der Waals surface area contributed by atoms with Gasteiger partial charge in [0.2, 0.25) is 11.8 Å². The first-order valence-electron chi connectivity index (χ1n) is 11.3. The zero-order valence-corrected chi connectivity index (χ0v) is 19.6. The van der Waals surface area contributed by atoms with Crippen LogP contribution in [0.2, 0.25) is 0 Å². The average Bonchev–Trinajstić information content (AvgIpc) is 2.82. The van der Waals surface area contributed by atoms with Crippen LogP contribution in [0.15, 0.2) is 30.3 Å². The molecule has 0 saturated carbocycles. The maximum absolute atomic E-state index is 13.4. The molecule has 1 N–H and O–H groups in total. The van der Waals surface area contributed by atoms with Crippen LogP contribution in [0.4, 0.5) is 4.79 Å². The van der Waals surface area contributed by atoms with Crippen molar-refractivity contribution in [3.8, 4) is 12.3 Å². The van der Waals surface area contributed by atoms with Crippen molar-refractivity contribution >= 4 is 17.8 Å². The second kappa shape index (κ2) is 11.2. The summed E-state index contributed by atoms with van der Waals surface area (Å²) < 4.78 is 5.19. The predicted octanol–water partition coefficient (Wildman–Crippen LogP) is 1.12. The Bertz CT molecular complexity index is 887. The summed E-state index contributed by atoms with van der Waals surface area (Å²) in [6, 6.07) is 8.58. The summed E-state index contributed by atoms with van der Waals surface area (Å²) in [5, 5.41) is 6.05. The number of hydrogen-bond acceptors (Lipinski definition) is 5. The monoisotopic (exact) mass is 455 g/mol. The van der Waals surface area contributed by atoms with Gasteiger partial charge in [-0.25, -0.2) is 9.80 Å². The van der Waals surface area contributed by atoms with Crippen molar-refractivity contribution in [2.24, 2.45) is 5.92 Å². The third kappa shape index (κ3) is 5.29. The number of methoxy groups -OCH3 is 1. The van der Waals surface area contributed by atoms with Gasteiger partial charge in [-0.3, -0.25) is 9.59 Å². The van der Waals surface area contributed by atoms with Crippen LogP contribution in [0.5, 0.6) is 0 Å². The molecule has 2 aliphatic heterocycles. The number of urea groups is 1. The van der Waals surface area contributed by atoms with E-state index in [-0.39, 0.29) is 43.4 Å².